The Labute approximate surface area is 136 Å². The molecule has 23 heavy (non-hydrogen) atoms. The number of aromatic hydroxyl groups is 1. The molecule has 0 aliphatic heterocycles. The van der Waals surface area contributed by atoms with Crippen molar-refractivity contribution >= 4 is 43.3 Å². The smallest absolute Gasteiger partial charge is 0.231 e. The average molecular weight is 322 g/mol. The quantitative estimate of drug-likeness (QED) is 0.491. The summed E-state index contributed by atoms with van der Waals surface area (Å²) in [5.41, 5.74) is 3.39. The molecule has 0 atom stereocenters. The van der Waals surface area contributed by atoms with E-state index in [0.717, 1.165) is 27.5 Å². The first-order valence-electron chi connectivity index (χ1n) is 7.35. The third-order valence-corrected chi connectivity index (χ3v) is 4.66. The summed E-state index contributed by atoms with van der Waals surface area (Å²) in [4.78, 5) is 7.35. The summed E-state index contributed by atoms with van der Waals surface area (Å²) in [5, 5.41) is 20.0. The second kappa shape index (κ2) is 5.48. The number of para-hydroxylation sites is 1. The number of H-pyrrole nitrogens is 1. The van der Waals surface area contributed by atoms with Gasteiger partial charge in [-0.05, 0) is 36.2 Å². The molecule has 2 aromatic carbocycles. The van der Waals surface area contributed by atoms with Gasteiger partial charge < -0.3 is 10.1 Å². The summed E-state index contributed by atoms with van der Waals surface area (Å²) >= 11 is 1.47. The molecule has 5 nitrogen and oxygen atoms in total. The van der Waals surface area contributed by atoms with Crippen LogP contribution in [0.2, 0.25) is 0 Å². The second-order valence-corrected chi connectivity index (χ2v) is 6.23. The molecule has 2 aromatic heterocycles. The fourth-order valence-corrected chi connectivity index (χ4v) is 3.31. The average Bonchev–Trinajstić information content (AvgIpc) is 3.12. The maximum absolute atomic E-state index is 10.1. The van der Waals surface area contributed by atoms with Crippen LogP contribution >= 0.6 is 11.3 Å². The van der Waals surface area contributed by atoms with Crippen molar-refractivity contribution in [3.05, 3.63) is 48.0 Å². The predicted octanol–water partition coefficient (Wildman–Crippen LogP) is 5.46. The molecule has 4 aromatic rings. The van der Waals surface area contributed by atoms with Gasteiger partial charge in [-0.25, -0.2) is 4.98 Å². The zero-order chi connectivity index (χ0) is 15.8. The molecule has 0 amide bonds. The number of nitrogens with zero attached hydrogens (tertiary/aromatic N) is 3. The van der Waals surface area contributed by atoms with Crippen LogP contribution in [0, 0.1) is 0 Å². The van der Waals surface area contributed by atoms with Crippen molar-refractivity contribution < 1.29 is 5.11 Å². The van der Waals surface area contributed by atoms with Crippen LogP contribution in [0.25, 0.3) is 21.1 Å². The number of nitrogens with one attached hydrogen (secondary N) is 1. The van der Waals surface area contributed by atoms with E-state index in [-0.39, 0.29) is 5.88 Å². The Balaban J connectivity index is 1.77. The zero-order valence-corrected chi connectivity index (χ0v) is 13.3. The lowest BCUT2D eigenvalue weighted by atomic mass is 10.1. The van der Waals surface area contributed by atoms with Gasteiger partial charge in [0.1, 0.15) is 0 Å². The molecule has 114 valence electrons. The molecule has 0 saturated heterocycles. The monoisotopic (exact) mass is 322 g/mol. The summed E-state index contributed by atoms with van der Waals surface area (Å²) in [6.45, 7) is 2.09. The van der Waals surface area contributed by atoms with E-state index < -0.39 is 0 Å². The van der Waals surface area contributed by atoms with E-state index >= 15 is 0 Å². The Morgan fingerprint density at radius 3 is 2.87 bits per heavy atom. The largest absolute Gasteiger partial charge is 0.493 e. The number of aromatic nitrogens is 2. The minimum Gasteiger partial charge on any atom is -0.493 e. The standard InChI is InChI=1S/C17H14N4OS/c1-2-10-7-8-12-11(9-10)15(16(22)18-12)20-21-17-19-13-5-3-4-6-14(13)23-17/h3-9,18,22H,2H2,1H3. The molecule has 0 aliphatic rings. The Kier molecular flexibility index (Phi) is 3.31. The highest BCUT2D eigenvalue weighted by Crippen LogP contribution is 2.37. The van der Waals surface area contributed by atoms with Crippen LogP contribution in [0.4, 0.5) is 10.8 Å². The van der Waals surface area contributed by atoms with Gasteiger partial charge in [0.15, 0.2) is 5.69 Å². The van der Waals surface area contributed by atoms with E-state index in [1.165, 1.54) is 16.9 Å². The molecule has 0 spiro atoms. The first-order chi connectivity index (χ1) is 11.2. The van der Waals surface area contributed by atoms with E-state index in [0.29, 0.717) is 10.8 Å². The molecule has 4 rings (SSSR count). The molecule has 0 bridgehead atoms. The van der Waals surface area contributed by atoms with Crippen LogP contribution in [0.5, 0.6) is 5.88 Å². The molecule has 6 heteroatoms. The van der Waals surface area contributed by atoms with Gasteiger partial charge in [-0.1, -0.05) is 36.5 Å². The summed E-state index contributed by atoms with van der Waals surface area (Å²) in [6, 6.07) is 13.9. The maximum atomic E-state index is 10.1. The number of azo groups is 1. The summed E-state index contributed by atoms with van der Waals surface area (Å²) in [6.07, 6.45) is 0.927. The molecule has 0 aliphatic carbocycles. The van der Waals surface area contributed by atoms with Gasteiger partial charge in [-0.15, -0.1) is 10.2 Å². The summed E-state index contributed by atoms with van der Waals surface area (Å²) < 4.78 is 1.07. The van der Waals surface area contributed by atoms with E-state index in [9.17, 15) is 5.11 Å². The maximum Gasteiger partial charge on any atom is 0.231 e. The fourth-order valence-electron chi connectivity index (χ4n) is 2.53. The van der Waals surface area contributed by atoms with E-state index in [1.54, 1.807) is 0 Å². The molecule has 0 saturated carbocycles. The Bertz CT molecular complexity index is 999. The van der Waals surface area contributed by atoms with Crippen LogP contribution in [0.15, 0.2) is 52.7 Å². The number of fused-ring (bicyclic) bond motifs is 2. The van der Waals surface area contributed by atoms with Crippen molar-refractivity contribution in [3.63, 3.8) is 0 Å². The van der Waals surface area contributed by atoms with Gasteiger partial charge in [0.2, 0.25) is 11.0 Å². The van der Waals surface area contributed by atoms with Gasteiger partial charge >= 0.3 is 0 Å². The fraction of sp³-hybridized carbons (Fsp3) is 0.118. The van der Waals surface area contributed by atoms with Gasteiger partial charge in [0.05, 0.1) is 15.7 Å². The molecule has 2 heterocycles. The summed E-state index contributed by atoms with van der Waals surface area (Å²) in [5.74, 6) is 0.0260. The number of aromatic amines is 1. The molecule has 0 fully saturated rings. The highest BCUT2D eigenvalue weighted by Gasteiger charge is 2.11. The number of thiazole rings is 1. The molecule has 2 N–H and O–H groups in total. The van der Waals surface area contributed by atoms with Gasteiger partial charge in [0.25, 0.3) is 0 Å². The molecule has 0 radical (unpaired) electrons. The van der Waals surface area contributed by atoms with Crippen molar-refractivity contribution in [2.24, 2.45) is 10.2 Å². The number of hydrogen-bond acceptors (Lipinski definition) is 5. The first kappa shape index (κ1) is 13.9. The molecule has 0 unspecified atom stereocenters. The normalized spacial score (nSPS) is 11.9. The van der Waals surface area contributed by atoms with Crippen LogP contribution < -0.4 is 0 Å². The van der Waals surface area contributed by atoms with Crippen molar-refractivity contribution in [3.8, 4) is 5.88 Å². The lowest BCUT2D eigenvalue weighted by Gasteiger charge is -1.96. The summed E-state index contributed by atoms with van der Waals surface area (Å²) in [7, 11) is 0. The van der Waals surface area contributed by atoms with Crippen molar-refractivity contribution in [1.82, 2.24) is 9.97 Å². The molecular formula is C17H14N4OS. The zero-order valence-electron chi connectivity index (χ0n) is 12.4. The van der Waals surface area contributed by atoms with Crippen LogP contribution in [-0.2, 0) is 6.42 Å². The van der Waals surface area contributed by atoms with Gasteiger partial charge in [0, 0.05) is 5.39 Å². The SMILES string of the molecule is CCc1ccc2[nH]c(O)c(N=Nc3nc4ccccc4s3)c2c1. The topological polar surface area (TPSA) is 73.6 Å². The van der Waals surface area contributed by atoms with E-state index in [1.807, 2.05) is 42.5 Å². The first-order valence-corrected chi connectivity index (χ1v) is 8.17. The Morgan fingerprint density at radius 2 is 2.04 bits per heavy atom. The van der Waals surface area contributed by atoms with Gasteiger partial charge in [-0.3, -0.25) is 0 Å². The van der Waals surface area contributed by atoms with Crippen LogP contribution in [0.1, 0.15) is 12.5 Å². The lowest BCUT2D eigenvalue weighted by Crippen LogP contribution is -1.77. The third-order valence-electron chi connectivity index (χ3n) is 3.74. The van der Waals surface area contributed by atoms with E-state index in [4.69, 9.17) is 0 Å². The molecular weight excluding hydrogens is 308 g/mol. The highest BCUT2D eigenvalue weighted by atomic mass is 32.1. The van der Waals surface area contributed by atoms with Crippen molar-refractivity contribution in [1.29, 1.82) is 0 Å². The lowest BCUT2D eigenvalue weighted by molar-refractivity contribution is 0.459. The number of aryl methyl sites for hydroxylation is 1. The predicted molar refractivity (Wildman–Crippen MR) is 93.1 cm³/mol. The Hall–Kier alpha value is -2.73. The van der Waals surface area contributed by atoms with Crippen LogP contribution in [0.3, 0.4) is 0 Å². The minimum atomic E-state index is 0.0260. The number of hydrogen-bond donors (Lipinski definition) is 2. The Morgan fingerprint density at radius 1 is 1.17 bits per heavy atom. The number of rotatable bonds is 3. The third kappa shape index (κ3) is 2.47. The van der Waals surface area contributed by atoms with E-state index in [2.05, 4.69) is 27.1 Å². The highest BCUT2D eigenvalue weighted by molar-refractivity contribution is 7.21. The minimum absolute atomic E-state index is 0.0260. The van der Waals surface area contributed by atoms with Crippen molar-refractivity contribution in [2.75, 3.05) is 0 Å². The second-order valence-electron chi connectivity index (χ2n) is 5.22. The van der Waals surface area contributed by atoms with Crippen LogP contribution in [-0.4, -0.2) is 15.1 Å². The van der Waals surface area contributed by atoms with Crippen molar-refractivity contribution in [2.45, 2.75) is 13.3 Å². The van der Waals surface area contributed by atoms with Gasteiger partial charge in [-0.2, -0.15) is 0 Å². The number of benzene rings is 2.